The summed E-state index contributed by atoms with van der Waals surface area (Å²) in [5.74, 6) is -3.54. The predicted molar refractivity (Wildman–Crippen MR) is 131 cm³/mol. The van der Waals surface area contributed by atoms with Gasteiger partial charge < -0.3 is 25.0 Å². The zero-order valence-electron chi connectivity index (χ0n) is 21.1. The summed E-state index contributed by atoms with van der Waals surface area (Å²) in [5, 5.41) is 11.6. The van der Waals surface area contributed by atoms with E-state index in [2.05, 4.69) is 20.3 Å². The average Bonchev–Trinajstić information content (AvgIpc) is 2.82. The van der Waals surface area contributed by atoms with Crippen LogP contribution >= 0.6 is 0 Å². The molecule has 14 heteroatoms. The molecular weight excluding hydrogens is 526 g/mol. The quantitative estimate of drug-likeness (QED) is 0.395. The van der Waals surface area contributed by atoms with Crippen LogP contribution in [0.2, 0.25) is 0 Å². The lowest BCUT2D eigenvalue weighted by Crippen LogP contribution is -2.48. The number of anilines is 1. The standard InChI is InChI=1S/C25H25F4N5O5/c1-11-9-34(10-12(2)39-11)24(38)14-4-18(26)22(30-8-14)33-20(7-21(35)36)15-5-16-19(6-17(15)25(27,28)29)31-13(3)32-23(16)37/h4-6,8,11-12,20H,7,9-10H2,1-3H3,(H,30,33)(H,35,36)(H,31,32,37). The first kappa shape index (κ1) is 28.0. The zero-order valence-corrected chi connectivity index (χ0v) is 21.1. The van der Waals surface area contributed by atoms with E-state index in [1.165, 1.54) is 11.8 Å². The molecule has 1 aliphatic heterocycles. The van der Waals surface area contributed by atoms with Gasteiger partial charge in [0.25, 0.3) is 11.5 Å². The van der Waals surface area contributed by atoms with Crippen molar-refractivity contribution in [3.05, 3.63) is 63.1 Å². The van der Waals surface area contributed by atoms with Gasteiger partial charge in [0.15, 0.2) is 11.6 Å². The number of alkyl halides is 3. The van der Waals surface area contributed by atoms with Gasteiger partial charge in [-0.1, -0.05) is 0 Å². The number of morpholine rings is 1. The summed E-state index contributed by atoms with van der Waals surface area (Å²) in [6.07, 6.45) is -5.26. The number of carbonyl (C=O) groups excluding carboxylic acids is 1. The smallest absolute Gasteiger partial charge is 0.416 e. The number of fused-ring (bicyclic) bond motifs is 1. The second-order valence-corrected chi connectivity index (χ2v) is 9.42. The van der Waals surface area contributed by atoms with Crippen LogP contribution in [0.1, 0.15) is 53.6 Å². The van der Waals surface area contributed by atoms with Gasteiger partial charge in [-0.3, -0.25) is 14.4 Å². The number of carboxylic acid groups (broad SMARTS) is 1. The number of benzene rings is 1. The Balaban J connectivity index is 1.72. The first-order chi connectivity index (χ1) is 18.2. The maximum Gasteiger partial charge on any atom is 0.416 e. The number of nitrogens with one attached hydrogen (secondary N) is 2. The number of aromatic amines is 1. The molecule has 4 rings (SSSR count). The number of hydrogen-bond donors (Lipinski definition) is 3. The van der Waals surface area contributed by atoms with Gasteiger partial charge in [-0.25, -0.2) is 14.4 Å². The normalized spacial score (nSPS) is 18.7. The van der Waals surface area contributed by atoms with Gasteiger partial charge in [0.05, 0.1) is 46.7 Å². The van der Waals surface area contributed by atoms with Crippen molar-refractivity contribution in [1.82, 2.24) is 19.9 Å². The van der Waals surface area contributed by atoms with Crippen molar-refractivity contribution in [1.29, 1.82) is 0 Å². The third-order valence-corrected chi connectivity index (χ3v) is 6.16. The van der Waals surface area contributed by atoms with Crippen molar-refractivity contribution in [2.45, 2.75) is 51.6 Å². The Morgan fingerprint density at radius 1 is 1.23 bits per heavy atom. The number of H-pyrrole nitrogens is 1. The molecule has 208 valence electrons. The van der Waals surface area contributed by atoms with Crippen molar-refractivity contribution < 1.29 is 37.0 Å². The van der Waals surface area contributed by atoms with Crippen LogP contribution in [0.25, 0.3) is 10.9 Å². The number of ether oxygens (including phenoxy) is 1. The Hall–Kier alpha value is -4.07. The molecule has 1 amide bonds. The molecule has 0 spiro atoms. The Kier molecular flexibility index (Phi) is 7.59. The van der Waals surface area contributed by atoms with Crippen LogP contribution in [0.15, 0.2) is 29.2 Å². The molecule has 1 saturated heterocycles. The second-order valence-electron chi connectivity index (χ2n) is 9.42. The first-order valence-electron chi connectivity index (χ1n) is 11.9. The van der Waals surface area contributed by atoms with E-state index >= 15 is 4.39 Å². The molecule has 3 unspecified atom stereocenters. The molecule has 10 nitrogen and oxygen atoms in total. The fourth-order valence-corrected chi connectivity index (χ4v) is 4.62. The molecule has 3 N–H and O–H groups in total. The van der Waals surface area contributed by atoms with E-state index in [4.69, 9.17) is 4.74 Å². The third-order valence-electron chi connectivity index (χ3n) is 6.16. The molecule has 2 aromatic heterocycles. The summed E-state index contributed by atoms with van der Waals surface area (Å²) in [7, 11) is 0. The van der Waals surface area contributed by atoms with Gasteiger partial charge in [-0.2, -0.15) is 13.2 Å². The molecule has 39 heavy (non-hydrogen) atoms. The van der Waals surface area contributed by atoms with Crippen LogP contribution in [0, 0.1) is 12.7 Å². The summed E-state index contributed by atoms with van der Waals surface area (Å²) in [6, 6.07) is 0.775. The van der Waals surface area contributed by atoms with E-state index in [1.807, 2.05) is 0 Å². The molecule has 1 aromatic carbocycles. The minimum atomic E-state index is -4.95. The highest BCUT2D eigenvalue weighted by Crippen LogP contribution is 2.38. The number of aromatic nitrogens is 3. The number of aliphatic carboxylic acids is 1. The lowest BCUT2D eigenvalue weighted by molar-refractivity contribution is -0.140. The van der Waals surface area contributed by atoms with Crippen molar-refractivity contribution in [3.8, 4) is 0 Å². The topological polar surface area (TPSA) is 138 Å². The maximum atomic E-state index is 15.1. The monoisotopic (exact) mass is 551 g/mol. The minimum absolute atomic E-state index is 0.0930. The van der Waals surface area contributed by atoms with Crippen molar-refractivity contribution >= 4 is 28.6 Å². The van der Waals surface area contributed by atoms with Crippen molar-refractivity contribution in [2.75, 3.05) is 18.4 Å². The second kappa shape index (κ2) is 10.6. The molecule has 0 bridgehead atoms. The Morgan fingerprint density at radius 3 is 2.49 bits per heavy atom. The summed E-state index contributed by atoms with van der Waals surface area (Å²) in [4.78, 5) is 48.6. The van der Waals surface area contributed by atoms with Crippen molar-refractivity contribution in [2.24, 2.45) is 0 Å². The lowest BCUT2D eigenvalue weighted by Gasteiger charge is -2.35. The summed E-state index contributed by atoms with van der Waals surface area (Å²) < 4.78 is 62.8. The largest absolute Gasteiger partial charge is 0.481 e. The fourth-order valence-electron chi connectivity index (χ4n) is 4.62. The van der Waals surface area contributed by atoms with Crippen LogP contribution in [-0.4, -0.2) is 62.1 Å². The minimum Gasteiger partial charge on any atom is -0.481 e. The number of nitrogens with zero attached hydrogens (tertiary/aromatic N) is 3. The SMILES string of the molecule is Cc1nc2cc(C(F)(F)F)c(C(CC(=O)O)Nc3ncc(C(=O)N4CC(C)OC(C)C4)cc3F)cc2c(=O)[nH]1. The highest BCUT2D eigenvalue weighted by atomic mass is 19.4. The van der Waals surface area contributed by atoms with E-state index in [0.717, 1.165) is 18.3 Å². The highest BCUT2D eigenvalue weighted by molar-refractivity contribution is 5.94. The van der Waals surface area contributed by atoms with Gasteiger partial charge in [-0.05, 0) is 44.5 Å². The number of amides is 1. The van der Waals surface area contributed by atoms with Gasteiger partial charge in [0.1, 0.15) is 5.82 Å². The Bertz CT molecular complexity index is 1480. The van der Waals surface area contributed by atoms with Gasteiger partial charge in [0.2, 0.25) is 0 Å². The zero-order chi connectivity index (χ0) is 28.6. The molecular formula is C25H25F4N5O5. The molecule has 0 radical (unpaired) electrons. The van der Waals surface area contributed by atoms with E-state index in [0.29, 0.717) is 6.07 Å². The van der Waals surface area contributed by atoms with Crippen LogP contribution in [0.5, 0.6) is 0 Å². The van der Waals surface area contributed by atoms with Crippen molar-refractivity contribution in [3.63, 3.8) is 0 Å². The number of carbonyl (C=O) groups is 2. The van der Waals surface area contributed by atoms with E-state index < -0.39 is 58.8 Å². The highest BCUT2D eigenvalue weighted by Gasteiger charge is 2.37. The van der Waals surface area contributed by atoms with E-state index in [-0.39, 0.29) is 47.6 Å². The molecule has 3 heterocycles. The molecule has 3 aromatic rings. The first-order valence-corrected chi connectivity index (χ1v) is 11.9. The van der Waals surface area contributed by atoms with Gasteiger partial charge >= 0.3 is 12.1 Å². The number of rotatable bonds is 6. The van der Waals surface area contributed by atoms with Crippen LogP contribution in [0.3, 0.4) is 0 Å². The maximum absolute atomic E-state index is 15.1. The lowest BCUT2D eigenvalue weighted by atomic mass is 9.95. The molecule has 3 atom stereocenters. The number of hydrogen-bond acceptors (Lipinski definition) is 7. The summed E-state index contributed by atoms with van der Waals surface area (Å²) >= 11 is 0. The molecule has 0 aliphatic carbocycles. The summed E-state index contributed by atoms with van der Waals surface area (Å²) in [5.41, 5.74) is -2.90. The Morgan fingerprint density at radius 2 is 1.90 bits per heavy atom. The predicted octanol–water partition coefficient (Wildman–Crippen LogP) is 3.66. The van der Waals surface area contributed by atoms with Crippen LogP contribution in [-0.2, 0) is 15.7 Å². The number of aryl methyl sites for hydroxylation is 1. The fraction of sp³-hybridized carbons (Fsp3) is 0.400. The molecule has 0 saturated carbocycles. The van der Waals surface area contributed by atoms with Crippen LogP contribution in [0.4, 0.5) is 23.4 Å². The number of halogens is 4. The third kappa shape index (κ3) is 6.16. The molecule has 1 fully saturated rings. The van der Waals surface area contributed by atoms with E-state index in [1.54, 1.807) is 13.8 Å². The number of carboxylic acids is 1. The average molecular weight is 551 g/mol. The van der Waals surface area contributed by atoms with Crippen LogP contribution < -0.4 is 10.9 Å². The molecule has 1 aliphatic rings. The Labute approximate surface area is 219 Å². The summed E-state index contributed by atoms with van der Waals surface area (Å²) in [6.45, 7) is 5.54. The number of pyridine rings is 1. The van der Waals surface area contributed by atoms with E-state index in [9.17, 15) is 32.7 Å². The van der Waals surface area contributed by atoms with Gasteiger partial charge in [0, 0.05) is 19.3 Å². The van der Waals surface area contributed by atoms with Gasteiger partial charge in [-0.15, -0.1) is 0 Å².